The predicted molar refractivity (Wildman–Crippen MR) is 90.1 cm³/mol. The minimum atomic E-state index is -2.25. The fraction of sp³-hybridized carbons (Fsp3) is 0.0500. The Kier molecular flexibility index (Phi) is 4.94. The summed E-state index contributed by atoms with van der Waals surface area (Å²) in [5.74, 6) is -10.4. The van der Waals surface area contributed by atoms with Crippen molar-refractivity contribution < 1.29 is 31.5 Å². The summed E-state index contributed by atoms with van der Waals surface area (Å²) in [6, 6.07) is 9.85. The van der Waals surface area contributed by atoms with E-state index in [1.807, 2.05) is 0 Å². The maximum absolute atomic E-state index is 13.6. The van der Waals surface area contributed by atoms with Crippen LogP contribution in [0.5, 0.6) is 5.75 Å². The zero-order valence-corrected chi connectivity index (χ0v) is 13.8. The summed E-state index contributed by atoms with van der Waals surface area (Å²) in [6.45, 7) is 0. The van der Waals surface area contributed by atoms with Crippen molar-refractivity contribution in [2.45, 2.75) is 0 Å². The maximum Gasteiger partial charge on any atom is 0.200 e. The normalized spacial score (nSPS) is 11.3. The van der Waals surface area contributed by atoms with E-state index in [-0.39, 0.29) is 5.56 Å². The van der Waals surface area contributed by atoms with Gasteiger partial charge >= 0.3 is 0 Å². The minimum absolute atomic E-state index is 0.188. The van der Waals surface area contributed by atoms with Gasteiger partial charge in [0.05, 0.1) is 12.7 Å². The molecule has 0 saturated carbocycles. The number of ether oxygens (including phenoxy) is 1. The Morgan fingerprint density at radius 3 is 2.00 bits per heavy atom. The average molecular weight is 378 g/mol. The summed E-state index contributed by atoms with van der Waals surface area (Å²) in [7, 11) is 1.52. The van der Waals surface area contributed by atoms with Crippen LogP contribution in [0.4, 0.5) is 22.0 Å². The van der Waals surface area contributed by atoms with E-state index in [0.29, 0.717) is 17.2 Å². The van der Waals surface area contributed by atoms with E-state index in [1.165, 1.54) is 13.2 Å². The number of benzene rings is 3. The first-order chi connectivity index (χ1) is 12.8. The van der Waals surface area contributed by atoms with E-state index in [4.69, 9.17) is 4.74 Å². The molecule has 0 N–H and O–H groups in total. The Morgan fingerprint density at radius 2 is 1.37 bits per heavy atom. The largest absolute Gasteiger partial charge is 0.497 e. The van der Waals surface area contributed by atoms with Gasteiger partial charge in [0.1, 0.15) is 5.75 Å². The summed E-state index contributed by atoms with van der Waals surface area (Å²) in [4.78, 5) is 12.2. The van der Waals surface area contributed by atoms with Crippen LogP contribution in [-0.4, -0.2) is 12.9 Å². The van der Waals surface area contributed by atoms with Gasteiger partial charge in [-0.15, -0.1) is 0 Å². The van der Waals surface area contributed by atoms with Crippen molar-refractivity contribution in [2.75, 3.05) is 7.11 Å². The van der Waals surface area contributed by atoms with Gasteiger partial charge in [-0.2, -0.15) is 0 Å². The van der Waals surface area contributed by atoms with Crippen LogP contribution in [0, 0.1) is 29.1 Å². The summed E-state index contributed by atoms with van der Waals surface area (Å²) in [5, 5.41) is 1.51. The van der Waals surface area contributed by atoms with E-state index in [9.17, 15) is 26.7 Å². The number of hydrogen-bond acceptors (Lipinski definition) is 2. The van der Waals surface area contributed by atoms with Crippen molar-refractivity contribution in [1.29, 1.82) is 0 Å². The van der Waals surface area contributed by atoms with Crippen molar-refractivity contribution in [3.8, 4) is 5.75 Å². The van der Waals surface area contributed by atoms with Gasteiger partial charge in [0.2, 0.25) is 5.82 Å². The van der Waals surface area contributed by atoms with Gasteiger partial charge in [0.25, 0.3) is 0 Å². The highest BCUT2D eigenvalue weighted by atomic mass is 19.2. The van der Waals surface area contributed by atoms with E-state index < -0.39 is 40.4 Å². The van der Waals surface area contributed by atoms with Gasteiger partial charge < -0.3 is 4.74 Å². The number of allylic oxidation sites excluding steroid dienone is 1. The molecule has 27 heavy (non-hydrogen) atoms. The van der Waals surface area contributed by atoms with Crippen molar-refractivity contribution >= 4 is 22.6 Å². The van der Waals surface area contributed by atoms with Crippen LogP contribution < -0.4 is 4.74 Å². The third-order valence-electron chi connectivity index (χ3n) is 3.98. The summed E-state index contributed by atoms with van der Waals surface area (Å²) >= 11 is 0. The highest BCUT2D eigenvalue weighted by molar-refractivity contribution is 6.08. The molecule has 3 rings (SSSR count). The molecule has 0 aliphatic carbocycles. The minimum Gasteiger partial charge on any atom is -0.497 e. The lowest BCUT2D eigenvalue weighted by Gasteiger charge is -2.05. The molecule has 7 heteroatoms. The number of halogens is 5. The quantitative estimate of drug-likeness (QED) is 0.199. The second-order valence-electron chi connectivity index (χ2n) is 5.61. The van der Waals surface area contributed by atoms with Gasteiger partial charge in [-0.1, -0.05) is 18.2 Å². The maximum atomic E-state index is 13.6. The Bertz CT molecular complexity index is 1060. The van der Waals surface area contributed by atoms with Crippen molar-refractivity contribution in [1.82, 2.24) is 0 Å². The zero-order chi connectivity index (χ0) is 19.7. The smallest absolute Gasteiger partial charge is 0.200 e. The lowest BCUT2D eigenvalue weighted by atomic mass is 10.0. The first-order valence-electron chi connectivity index (χ1n) is 7.65. The second-order valence-corrected chi connectivity index (χ2v) is 5.61. The molecule has 3 aromatic carbocycles. The van der Waals surface area contributed by atoms with E-state index in [0.717, 1.165) is 11.5 Å². The number of methoxy groups -OCH3 is 1. The monoisotopic (exact) mass is 378 g/mol. The molecule has 0 aliphatic rings. The zero-order valence-electron chi connectivity index (χ0n) is 13.8. The Balaban J connectivity index is 1.95. The van der Waals surface area contributed by atoms with Gasteiger partial charge in [0, 0.05) is 5.56 Å². The van der Waals surface area contributed by atoms with Crippen LogP contribution in [0.15, 0.2) is 42.5 Å². The molecular formula is C20H11F5O2. The number of carbonyl (C=O) groups is 1. The molecule has 0 bridgehead atoms. The highest BCUT2D eigenvalue weighted by Gasteiger charge is 2.24. The van der Waals surface area contributed by atoms with Crippen LogP contribution in [0.3, 0.4) is 0 Å². The molecule has 2 nitrogen and oxygen atoms in total. The molecular weight excluding hydrogens is 367 g/mol. The number of ketones is 1. The van der Waals surface area contributed by atoms with Gasteiger partial charge in [-0.25, -0.2) is 22.0 Å². The van der Waals surface area contributed by atoms with Crippen LogP contribution in [-0.2, 0) is 0 Å². The molecule has 0 atom stereocenters. The van der Waals surface area contributed by atoms with Gasteiger partial charge in [0.15, 0.2) is 29.1 Å². The molecule has 0 radical (unpaired) electrons. The third-order valence-corrected chi connectivity index (χ3v) is 3.98. The molecule has 138 valence electrons. The fourth-order valence-electron chi connectivity index (χ4n) is 2.53. The first-order valence-corrected chi connectivity index (χ1v) is 7.65. The second kappa shape index (κ2) is 7.19. The molecule has 0 spiro atoms. The number of fused-ring (bicyclic) bond motifs is 1. The van der Waals surface area contributed by atoms with Gasteiger partial charge in [-0.3, -0.25) is 4.79 Å². The topological polar surface area (TPSA) is 26.3 Å². The van der Waals surface area contributed by atoms with Crippen LogP contribution in [0.1, 0.15) is 15.9 Å². The van der Waals surface area contributed by atoms with Crippen LogP contribution >= 0.6 is 0 Å². The van der Waals surface area contributed by atoms with E-state index in [1.54, 1.807) is 30.3 Å². The lowest BCUT2D eigenvalue weighted by Crippen LogP contribution is -2.04. The SMILES string of the molecule is COc1ccc2cc(C(=O)/C=C/c3c(F)c(F)c(F)c(F)c3F)ccc2c1. The molecule has 0 fully saturated rings. The number of carbonyl (C=O) groups excluding carboxylic acids is 1. The number of hydrogen-bond donors (Lipinski definition) is 0. The molecule has 3 aromatic rings. The van der Waals surface area contributed by atoms with Crippen LogP contribution in [0.2, 0.25) is 0 Å². The summed E-state index contributed by atoms with van der Waals surface area (Å²) in [5.41, 5.74) is -0.988. The van der Waals surface area contributed by atoms with Crippen molar-refractivity contribution in [3.05, 3.63) is 82.7 Å². The molecule has 0 saturated heterocycles. The molecule has 0 amide bonds. The van der Waals surface area contributed by atoms with Crippen LogP contribution in [0.25, 0.3) is 16.8 Å². The first kappa shape index (κ1) is 18.6. The number of rotatable bonds is 4. The Labute approximate surface area is 150 Å². The average Bonchev–Trinajstić information content (AvgIpc) is 2.69. The fourth-order valence-corrected chi connectivity index (χ4v) is 2.53. The predicted octanol–water partition coefficient (Wildman–Crippen LogP) is 5.44. The van der Waals surface area contributed by atoms with Crippen molar-refractivity contribution in [2.24, 2.45) is 0 Å². The molecule has 0 aromatic heterocycles. The molecule has 0 heterocycles. The Hall–Kier alpha value is -3.22. The highest BCUT2D eigenvalue weighted by Crippen LogP contribution is 2.25. The lowest BCUT2D eigenvalue weighted by molar-refractivity contribution is 0.104. The van der Waals surface area contributed by atoms with Gasteiger partial charge in [-0.05, 0) is 41.1 Å². The third kappa shape index (κ3) is 3.40. The van der Waals surface area contributed by atoms with Crippen molar-refractivity contribution in [3.63, 3.8) is 0 Å². The standard InChI is InChI=1S/C20H11F5O2/c1-27-13-5-4-10-8-12(3-2-11(10)9-13)15(26)7-6-14-16(21)18(23)20(25)19(24)17(14)22/h2-9H,1H3/b7-6+. The van der Waals surface area contributed by atoms with E-state index in [2.05, 4.69) is 0 Å². The Morgan fingerprint density at radius 1 is 0.815 bits per heavy atom. The molecule has 0 unspecified atom stereocenters. The summed E-state index contributed by atoms with van der Waals surface area (Å²) in [6.07, 6.45) is 1.32. The summed E-state index contributed by atoms with van der Waals surface area (Å²) < 4.78 is 71.8. The van der Waals surface area contributed by atoms with E-state index >= 15 is 0 Å². The molecule has 0 aliphatic heterocycles.